The smallest absolute Gasteiger partial charge is 0.426 e. The zero-order valence-electron chi connectivity index (χ0n) is 15.5. The van der Waals surface area contributed by atoms with Gasteiger partial charge in [0.2, 0.25) is 0 Å². The third-order valence-electron chi connectivity index (χ3n) is 4.96. The average Bonchev–Trinajstić information content (AvgIpc) is 2.66. The highest BCUT2D eigenvalue weighted by Gasteiger charge is 2.32. The molecule has 1 amide bonds. The lowest BCUT2D eigenvalue weighted by Crippen LogP contribution is -2.54. The van der Waals surface area contributed by atoms with Crippen LogP contribution in [0.15, 0.2) is 48.5 Å². The van der Waals surface area contributed by atoms with Crippen molar-refractivity contribution in [2.45, 2.75) is 39.3 Å². The molecule has 142 valence electrons. The lowest BCUT2D eigenvalue weighted by atomic mass is 9.86. The van der Waals surface area contributed by atoms with Crippen LogP contribution in [0.2, 0.25) is 0 Å². The fourth-order valence-electron chi connectivity index (χ4n) is 3.61. The molecule has 1 aliphatic rings. The van der Waals surface area contributed by atoms with Crippen molar-refractivity contribution in [3.8, 4) is 0 Å². The van der Waals surface area contributed by atoms with E-state index in [0.29, 0.717) is 0 Å². The minimum atomic E-state index is -0.954. The highest BCUT2D eigenvalue weighted by Crippen LogP contribution is 2.34. The number of carbonyl (C=O) groups excluding carboxylic acids is 1. The summed E-state index contributed by atoms with van der Waals surface area (Å²) in [4.78, 5) is 23.6. The van der Waals surface area contributed by atoms with Gasteiger partial charge in [0.1, 0.15) is 6.61 Å². The van der Waals surface area contributed by atoms with Crippen LogP contribution in [0.1, 0.15) is 41.8 Å². The number of anilines is 1. The molecule has 27 heavy (non-hydrogen) atoms. The normalized spacial score (nSPS) is 18.5. The van der Waals surface area contributed by atoms with E-state index in [-0.39, 0.29) is 24.1 Å². The van der Waals surface area contributed by atoms with E-state index in [1.165, 1.54) is 0 Å². The lowest BCUT2D eigenvalue weighted by molar-refractivity contribution is 0.0696. The van der Waals surface area contributed by atoms with Gasteiger partial charge in [0.15, 0.2) is 0 Å². The number of carbonyl (C=O) groups is 2. The molecule has 2 unspecified atom stereocenters. The van der Waals surface area contributed by atoms with Gasteiger partial charge in [-0.1, -0.05) is 44.2 Å². The molecule has 0 aliphatic carbocycles. The Morgan fingerprint density at radius 2 is 1.96 bits per heavy atom. The second-order valence-corrected chi connectivity index (χ2v) is 6.85. The monoisotopic (exact) mass is 368 g/mol. The number of rotatable bonds is 5. The number of carboxylic acid groups (broad SMARTS) is 1. The molecular formula is C21H24N2O4. The Morgan fingerprint density at radius 1 is 1.22 bits per heavy atom. The Hall–Kier alpha value is -3.02. The standard InChI is InChI=1S/C21H24N2O4/c1-3-18-14(2)11-17-12-16(20(24)25)9-10-19(17)23(18)22-21(26)27-13-15-7-5-4-6-8-15/h4-10,12,14,18H,3,11,13H2,1-2H3,(H,22,26)(H,24,25). The zero-order chi connectivity index (χ0) is 19.4. The predicted molar refractivity (Wildman–Crippen MR) is 103 cm³/mol. The molecule has 3 rings (SSSR count). The topological polar surface area (TPSA) is 78.9 Å². The van der Waals surface area contributed by atoms with Gasteiger partial charge in [0, 0.05) is 0 Å². The highest BCUT2D eigenvalue weighted by atomic mass is 16.6. The summed E-state index contributed by atoms with van der Waals surface area (Å²) in [5.41, 5.74) is 5.75. The van der Waals surface area contributed by atoms with E-state index < -0.39 is 12.1 Å². The minimum Gasteiger partial charge on any atom is -0.478 e. The predicted octanol–water partition coefficient (Wildman–Crippen LogP) is 4.00. The van der Waals surface area contributed by atoms with Gasteiger partial charge in [-0.2, -0.15) is 0 Å². The molecule has 6 heteroatoms. The van der Waals surface area contributed by atoms with Gasteiger partial charge in [-0.3, -0.25) is 5.01 Å². The fraction of sp³-hybridized carbons (Fsp3) is 0.333. The molecular weight excluding hydrogens is 344 g/mol. The Kier molecular flexibility index (Phi) is 5.64. The third kappa shape index (κ3) is 4.22. The number of nitrogens with one attached hydrogen (secondary N) is 1. The molecule has 0 spiro atoms. The molecule has 0 radical (unpaired) electrons. The number of nitrogens with zero attached hydrogens (tertiary/aromatic N) is 1. The molecule has 6 nitrogen and oxygen atoms in total. The summed E-state index contributed by atoms with van der Waals surface area (Å²) in [5, 5.41) is 11.1. The van der Waals surface area contributed by atoms with Gasteiger partial charge in [-0.15, -0.1) is 0 Å². The maximum atomic E-state index is 12.4. The average molecular weight is 368 g/mol. The van der Waals surface area contributed by atoms with Crippen LogP contribution in [0.5, 0.6) is 0 Å². The number of amides is 1. The van der Waals surface area contributed by atoms with Crippen molar-refractivity contribution in [3.05, 3.63) is 65.2 Å². The van der Waals surface area contributed by atoms with Crippen molar-refractivity contribution < 1.29 is 19.4 Å². The van der Waals surface area contributed by atoms with Crippen molar-refractivity contribution >= 4 is 17.7 Å². The number of aromatic carboxylic acids is 1. The molecule has 2 aromatic carbocycles. The first kappa shape index (κ1) is 18.8. The summed E-state index contributed by atoms with van der Waals surface area (Å²) in [6.45, 7) is 4.37. The van der Waals surface area contributed by atoms with Crippen LogP contribution in [0.25, 0.3) is 0 Å². The SMILES string of the molecule is CCC1C(C)Cc2cc(C(=O)O)ccc2N1NC(=O)OCc1ccccc1. The number of carboxylic acids is 1. The molecule has 1 heterocycles. The van der Waals surface area contributed by atoms with Gasteiger partial charge < -0.3 is 9.84 Å². The summed E-state index contributed by atoms with van der Waals surface area (Å²) in [7, 11) is 0. The first-order valence-electron chi connectivity index (χ1n) is 9.12. The van der Waals surface area contributed by atoms with Crippen LogP contribution in [-0.2, 0) is 17.8 Å². The number of benzene rings is 2. The quantitative estimate of drug-likeness (QED) is 0.834. The summed E-state index contributed by atoms with van der Waals surface area (Å²) in [6.07, 6.45) is 1.09. The van der Waals surface area contributed by atoms with Crippen molar-refractivity contribution in [3.63, 3.8) is 0 Å². The number of fused-ring (bicyclic) bond motifs is 1. The number of hydrogen-bond acceptors (Lipinski definition) is 4. The summed E-state index contributed by atoms with van der Waals surface area (Å²) >= 11 is 0. The minimum absolute atomic E-state index is 0.109. The van der Waals surface area contributed by atoms with E-state index in [1.54, 1.807) is 18.2 Å². The van der Waals surface area contributed by atoms with Crippen LogP contribution in [-0.4, -0.2) is 23.2 Å². The van der Waals surface area contributed by atoms with Gasteiger partial charge in [0.05, 0.1) is 17.3 Å². The van der Waals surface area contributed by atoms with Crippen LogP contribution in [0.3, 0.4) is 0 Å². The van der Waals surface area contributed by atoms with E-state index in [1.807, 2.05) is 35.3 Å². The molecule has 2 atom stereocenters. The van der Waals surface area contributed by atoms with Crippen molar-refractivity contribution in [2.24, 2.45) is 5.92 Å². The summed E-state index contributed by atoms with van der Waals surface area (Å²) in [6, 6.07) is 14.6. The van der Waals surface area contributed by atoms with Crippen molar-refractivity contribution in [1.29, 1.82) is 0 Å². The van der Waals surface area contributed by atoms with E-state index in [2.05, 4.69) is 19.3 Å². The molecule has 0 fully saturated rings. The Labute approximate surface area is 158 Å². The van der Waals surface area contributed by atoms with E-state index in [9.17, 15) is 14.7 Å². The molecule has 1 aliphatic heterocycles. The Balaban J connectivity index is 1.77. The fourth-order valence-corrected chi connectivity index (χ4v) is 3.61. The van der Waals surface area contributed by atoms with Crippen LogP contribution in [0, 0.1) is 5.92 Å². The Morgan fingerprint density at radius 3 is 2.63 bits per heavy atom. The van der Waals surface area contributed by atoms with Crippen LogP contribution in [0.4, 0.5) is 10.5 Å². The second kappa shape index (κ2) is 8.12. The molecule has 0 saturated heterocycles. The van der Waals surface area contributed by atoms with E-state index in [4.69, 9.17) is 4.74 Å². The maximum Gasteiger partial charge on any atom is 0.426 e. The Bertz CT molecular complexity index is 822. The van der Waals surface area contributed by atoms with Gasteiger partial charge >= 0.3 is 12.1 Å². The van der Waals surface area contributed by atoms with Crippen molar-refractivity contribution in [1.82, 2.24) is 5.43 Å². The van der Waals surface area contributed by atoms with Gasteiger partial charge in [0.25, 0.3) is 0 Å². The molecule has 0 saturated carbocycles. The number of ether oxygens (including phenoxy) is 1. The van der Waals surface area contributed by atoms with Gasteiger partial charge in [-0.25, -0.2) is 15.0 Å². The number of hydrazine groups is 1. The van der Waals surface area contributed by atoms with E-state index >= 15 is 0 Å². The van der Waals surface area contributed by atoms with Crippen LogP contribution >= 0.6 is 0 Å². The molecule has 0 aromatic heterocycles. The zero-order valence-corrected chi connectivity index (χ0v) is 15.5. The third-order valence-corrected chi connectivity index (χ3v) is 4.96. The molecule has 0 bridgehead atoms. The van der Waals surface area contributed by atoms with E-state index in [0.717, 1.165) is 29.7 Å². The summed E-state index contributed by atoms with van der Waals surface area (Å²) in [5.74, 6) is -0.689. The molecule has 2 N–H and O–H groups in total. The lowest BCUT2D eigenvalue weighted by Gasteiger charge is -2.41. The first-order valence-corrected chi connectivity index (χ1v) is 9.12. The van der Waals surface area contributed by atoms with Crippen molar-refractivity contribution in [2.75, 3.05) is 5.01 Å². The highest BCUT2D eigenvalue weighted by molar-refractivity contribution is 5.89. The molecule has 2 aromatic rings. The maximum absolute atomic E-state index is 12.4. The second-order valence-electron chi connectivity index (χ2n) is 6.85. The van der Waals surface area contributed by atoms with Crippen LogP contribution < -0.4 is 10.4 Å². The first-order chi connectivity index (χ1) is 13.0. The summed E-state index contributed by atoms with van der Waals surface area (Å²) < 4.78 is 5.35. The van der Waals surface area contributed by atoms with Gasteiger partial charge in [-0.05, 0) is 48.1 Å². The largest absolute Gasteiger partial charge is 0.478 e. The number of hydrogen-bond donors (Lipinski definition) is 2.